The fourth-order valence-corrected chi connectivity index (χ4v) is 10.5. The second-order valence-electron chi connectivity index (χ2n) is 19.3. The van der Waals surface area contributed by atoms with Crippen LogP contribution in [-0.2, 0) is 35.1 Å². The lowest BCUT2D eigenvalue weighted by Crippen LogP contribution is -2.61. The number of ether oxygens (including phenoxy) is 2. The maximum Gasteiger partial charge on any atom is 0.408 e. The number of nitriles is 1. The van der Waals surface area contributed by atoms with E-state index in [0.717, 1.165) is 4.90 Å². The molecule has 1 saturated heterocycles. The molecule has 3 saturated carbocycles. The van der Waals surface area contributed by atoms with Crippen molar-refractivity contribution in [2.45, 2.75) is 146 Å². The van der Waals surface area contributed by atoms with Gasteiger partial charge in [0, 0.05) is 12.3 Å². The Morgan fingerprint density at radius 3 is 2.37 bits per heavy atom. The SMILES string of the molecule is C[C@@H]1C[C@H]2CCCCC(F)(F)c3nc4ccc(C#N)cc4nc3O[C@H]3CN(C(=O)[C@H](C(C)(C)C)NC(=O)O[C@@H]2C1)[C@H](C(=O)N[C@]1(C(=O)NS(=O)(=O)C2(C)CC2)C[C@H]1C(F)F)[C@@H]3C. The molecule has 2 bridgehead atoms. The van der Waals surface area contributed by atoms with Gasteiger partial charge in [-0.1, -0.05) is 41.0 Å². The van der Waals surface area contributed by atoms with Gasteiger partial charge in [-0.15, -0.1) is 0 Å². The first-order valence-electron chi connectivity index (χ1n) is 21.1. The number of sulfonamides is 1. The van der Waals surface area contributed by atoms with Crippen LogP contribution in [0.2, 0.25) is 0 Å². The number of hydrogen-bond donors (Lipinski definition) is 3. The van der Waals surface area contributed by atoms with E-state index in [1.807, 2.05) is 17.7 Å². The number of alkyl carbamates (subject to hydrolysis) is 1. The molecule has 0 unspecified atom stereocenters. The molecule has 1 aromatic heterocycles. The number of halogens is 4. The fraction of sp³-hybridized carbons (Fsp3) is 0.690. The number of carbonyl (C=O) groups excluding carboxylic acids is 4. The highest BCUT2D eigenvalue weighted by Crippen LogP contribution is 2.50. The number of amides is 4. The number of carbonyl (C=O) groups is 4. The summed E-state index contributed by atoms with van der Waals surface area (Å²) in [6.45, 7) is 9.37. The minimum absolute atomic E-state index is 0.0558. The Kier molecular flexibility index (Phi) is 11.7. The van der Waals surface area contributed by atoms with Crippen LogP contribution in [0.1, 0.15) is 111 Å². The Bertz CT molecular complexity index is 2300. The molecule has 4 fully saturated rings. The first-order valence-corrected chi connectivity index (χ1v) is 22.6. The zero-order chi connectivity index (χ0) is 45.3. The lowest BCUT2D eigenvalue weighted by molar-refractivity contribution is -0.143. The van der Waals surface area contributed by atoms with E-state index in [4.69, 9.17) is 9.47 Å². The van der Waals surface area contributed by atoms with Gasteiger partial charge in [-0.2, -0.15) is 14.0 Å². The molecule has 0 radical (unpaired) electrons. The first-order chi connectivity index (χ1) is 28.9. The van der Waals surface area contributed by atoms with E-state index in [-0.39, 0.29) is 47.7 Å². The molecule has 3 heterocycles. The molecule has 338 valence electrons. The second kappa shape index (κ2) is 16.1. The van der Waals surface area contributed by atoms with Crippen molar-refractivity contribution in [1.82, 2.24) is 30.2 Å². The Balaban J connectivity index is 1.30. The Labute approximate surface area is 357 Å². The number of nitrogens with zero attached hydrogens (tertiary/aromatic N) is 4. The smallest absolute Gasteiger partial charge is 0.408 e. The summed E-state index contributed by atoms with van der Waals surface area (Å²) in [4.78, 5) is 66.5. The van der Waals surface area contributed by atoms with Crippen LogP contribution in [0.5, 0.6) is 5.88 Å². The van der Waals surface area contributed by atoms with Crippen molar-refractivity contribution in [3.8, 4) is 11.9 Å². The molecule has 3 N–H and O–H groups in total. The summed E-state index contributed by atoms with van der Waals surface area (Å²) in [5, 5.41) is 14.6. The Morgan fingerprint density at radius 2 is 1.74 bits per heavy atom. The summed E-state index contributed by atoms with van der Waals surface area (Å²) in [7, 11) is -4.33. The second-order valence-corrected chi connectivity index (χ2v) is 21.5. The molecule has 2 aliphatic heterocycles. The number of benzene rings is 1. The summed E-state index contributed by atoms with van der Waals surface area (Å²) < 4.78 is 101. The lowest BCUT2D eigenvalue weighted by atomic mass is 9.85. The predicted molar refractivity (Wildman–Crippen MR) is 214 cm³/mol. The van der Waals surface area contributed by atoms with Crippen molar-refractivity contribution < 1.29 is 54.6 Å². The minimum atomic E-state index is -4.33. The summed E-state index contributed by atoms with van der Waals surface area (Å²) in [5.74, 6) is -10.4. The van der Waals surface area contributed by atoms with Crippen LogP contribution >= 0.6 is 0 Å². The largest absolute Gasteiger partial charge is 0.471 e. The van der Waals surface area contributed by atoms with Crippen LogP contribution in [0.15, 0.2) is 18.2 Å². The molecule has 20 heteroatoms. The summed E-state index contributed by atoms with van der Waals surface area (Å²) in [6, 6.07) is 3.11. The summed E-state index contributed by atoms with van der Waals surface area (Å²) >= 11 is 0. The third-order valence-corrected chi connectivity index (χ3v) is 15.6. The average molecular weight is 892 g/mol. The number of alkyl halides is 4. The van der Waals surface area contributed by atoms with Crippen LogP contribution in [-0.4, -0.2) is 94.6 Å². The van der Waals surface area contributed by atoms with Crippen molar-refractivity contribution in [3.63, 3.8) is 0 Å². The van der Waals surface area contributed by atoms with Gasteiger partial charge in [0.1, 0.15) is 29.8 Å². The topological polar surface area (TPSA) is 210 Å². The third-order valence-electron chi connectivity index (χ3n) is 13.4. The molecule has 1 aromatic carbocycles. The van der Waals surface area contributed by atoms with Gasteiger partial charge in [-0.3, -0.25) is 19.1 Å². The van der Waals surface area contributed by atoms with Gasteiger partial charge in [0.05, 0.1) is 39.9 Å². The third kappa shape index (κ3) is 8.61. The number of fused-ring (bicyclic) bond motifs is 5. The Morgan fingerprint density at radius 1 is 1.03 bits per heavy atom. The van der Waals surface area contributed by atoms with Crippen molar-refractivity contribution in [3.05, 3.63) is 29.5 Å². The molecule has 2 aromatic rings. The van der Waals surface area contributed by atoms with Crippen molar-refractivity contribution in [1.29, 1.82) is 5.26 Å². The van der Waals surface area contributed by atoms with E-state index in [1.165, 1.54) is 32.0 Å². The van der Waals surface area contributed by atoms with E-state index in [0.29, 0.717) is 25.7 Å². The van der Waals surface area contributed by atoms with Crippen LogP contribution in [0.25, 0.3) is 11.0 Å². The zero-order valence-electron chi connectivity index (χ0n) is 35.5. The van der Waals surface area contributed by atoms with Gasteiger partial charge >= 0.3 is 6.09 Å². The maximum absolute atomic E-state index is 16.5. The Hall–Kier alpha value is -4.80. The van der Waals surface area contributed by atoms with E-state index in [2.05, 4.69) is 20.6 Å². The normalized spacial score (nSPS) is 32.2. The van der Waals surface area contributed by atoms with Gasteiger partial charge in [-0.05, 0) is 87.3 Å². The van der Waals surface area contributed by atoms with Crippen molar-refractivity contribution >= 4 is 44.9 Å². The lowest BCUT2D eigenvalue weighted by Gasteiger charge is -2.36. The average Bonchev–Trinajstić information content (AvgIpc) is 4.06. The monoisotopic (exact) mass is 891 g/mol. The molecule has 7 rings (SSSR count). The summed E-state index contributed by atoms with van der Waals surface area (Å²) in [6.07, 6.45) is -4.56. The van der Waals surface area contributed by atoms with Gasteiger partial charge in [0.25, 0.3) is 11.8 Å². The highest BCUT2D eigenvalue weighted by Gasteiger charge is 2.67. The van der Waals surface area contributed by atoms with E-state index >= 15 is 8.78 Å². The number of rotatable bonds is 6. The quantitative estimate of drug-likeness (QED) is 0.311. The fourth-order valence-electron chi connectivity index (χ4n) is 9.19. The number of aromatic nitrogens is 2. The molecular formula is C42H53F4N7O8S. The standard InChI is InChI=1S/C42H53F4N7O8S/c1-21-15-24-9-7-8-12-42(45,46)31-35(49-27-17-23(19-47)10-11-26(27)48-31)60-29-20-53(36(55)32(39(3,4)5)50-38(57)61-28(24)16-21)30(22(29)2)34(54)51-41(18-25(41)33(43)44)37(56)52-62(58,59)40(6)13-14-40/h10-11,17,21-22,24-25,28-30,32-33H,7-9,12-16,18,20H2,1-6H3,(H,50,57)(H,51,54)(H,52,56)/t21-,22-,24-,25+,28-,29+,30+,32-,41-/m1/s1. The van der Waals surface area contributed by atoms with Gasteiger partial charge in [0.15, 0.2) is 5.69 Å². The molecule has 4 amide bonds. The van der Waals surface area contributed by atoms with Crippen LogP contribution in [0.4, 0.5) is 22.4 Å². The van der Waals surface area contributed by atoms with Gasteiger partial charge in [-0.25, -0.2) is 32.0 Å². The first kappa shape index (κ1) is 45.2. The van der Waals surface area contributed by atoms with E-state index < -0.39 is 129 Å². The van der Waals surface area contributed by atoms with Crippen LogP contribution in [0.3, 0.4) is 0 Å². The van der Waals surface area contributed by atoms with Crippen LogP contribution < -0.4 is 20.1 Å². The minimum Gasteiger partial charge on any atom is -0.471 e. The zero-order valence-corrected chi connectivity index (χ0v) is 36.3. The molecule has 15 nitrogen and oxygen atoms in total. The predicted octanol–water partition coefficient (Wildman–Crippen LogP) is 5.46. The molecule has 9 atom stereocenters. The van der Waals surface area contributed by atoms with E-state index in [1.54, 1.807) is 20.8 Å². The van der Waals surface area contributed by atoms with Gasteiger partial charge in [0.2, 0.25) is 34.1 Å². The molecule has 5 aliphatic rings. The molecule has 0 spiro atoms. The maximum atomic E-state index is 16.5. The molecule has 3 aliphatic carbocycles. The highest BCUT2D eigenvalue weighted by atomic mass is 32.2. The van der Waals surface area contributed by atoms with Crippen LogP contribution in [0, 0.1) is 40.4 Å². The number of nitrogens with one attached hydrogen (secondary N) is 3. The van der Waals surface area contributed by atoms with Crippen molar-refractivity contribution in [2.75, 3.05) is 6.54 Å². The molecular weight excluding hydrogens is 839 g/mol. The molecule has 62 heavy (non-hydrogen) atoms. The number of hydrogen-bond acceptors (Lipinski definition) is 11. The van der Waals surface area contributed by atoms with Gasteiger partial charge < -0.3 is 25.0 Å². The van der Waals surface area contributed by atoms with Crippen molar-refractivity contribution in [2.24, 2.45) is 29.1 Å². The highest BCUT2D eigenvalue weighted by molar-refractivity contribution is 7.91. The van der Waals surface area contributed by atoms with E-state index in [9.17, 15) is 41.6 Å². The summed E-state index contributed by atoms with van der Waals surface area (Å²) in [5.41, 5.74) is -3.93.